The monoisotopic (exact) mass is 404 g/mol. The van der Waals surface area contributed by atoms with Crippen LogP contribution >= 0.6 is 57.4 Å². The number of amides is 2. The normalized spacial score (nSPS) is 10.5. The summed E-state index contributed by atoms with van der Waals surface area (Å²) < 4.78 is 7.97. The van der Waals surface area contributed by atoms with Crippen molar-refractivity contribution < 1.29 is 19.1 Å². The molecule has 0 atom stereocenters. The molecule has 0 unspecified atom stereocenters. The fourth-order valence-electron chi connectivity index (χ4n) is 0.453. The van der Waals surface area contributed by atoms with Crippen molar-refractivity contribution in [2.45, 2.75) is 3.79 Å². The van der Waals surface area contributed by atoms with E-state index in [1.54, 1.807) is 0 Å². The van der Waals surface area contributed by atoms with Crippen LogP contribution in [0, 0.1) is 0 Å². The highest BCUT2D eigenvalue weighted by atomic mass is 127. The van der Waals surface area contributed by atoms with Gasteiger partial charge in [-0.1, -0.05) is 57.4 Å². The highest BCUT2D eigenvalue weighted by Crippen LogP contribution is 2.25. The maximum absolute atomic E-state index is 10.9. The summed E-state index contributed by atoms with van der Waals surface area (Å²) in [5, 5.41) is 0. The minimum absolute atomic E-state index is 0.233. The van der Waals surface area contributed by atoms with Gasteiger partial charge in [-0.05, 0) is 0 Å². The highest BCUT2D eigenvalue weighted by molar-refractivity contribution is 14.1. The molecule has 94 valence electrons. The van der Waals surface area contributed by atoms with Crippen molar-refractivity contribution in [1.29, 1.82) is 0 Å². The average Bonchev–Trinajstić information content (AvgIpc) is 2.19. The van der Waals surface area contributed by atoms with Crippen molar-refractivity contribution in [3.63, 3.8) is 0 Å². The second-order valence-electron chi connectivity index (χ2n) is 2.27. The zero-order valence-corrected chi connectivity index (χ0v) is 12.2. The fraction of sp³-hybridized carbons (Fsp3) is 0.667. The van der Waals surface area contributed by atoms with Crippen LogP contribution in [0.4, 0.5) is 9.59 Å². The van der Waals surface area contributed by atoms with E-state index in [1.807, 2.05) is 33.4 Å². The van der Waals surface area contributed by atoms with E-state index in [4.69, 9.17) is 34.8 Å². The molecular formula is C6H8Cl3IN2O4. The molecule has 0 spiro atoms. The van der Waals surface area contributed by atoms with Crippen molar-refractivity contribution >= 4 is 69.6 Å². The number of nitrogens with one attached hydrogen (secondary N) is 2. The first-order chi connectivity index (χ1) is 7.35. The zero-order valence-electron chi connectivity index (χ0n) is 7.77. The molecule has 0 aliphatic heterocycles. The maximum atomic E-state index is 10.9. The molecule has 10 heteroatoms. The summed E-state index contributed by atoms with van der Waals surface area (Å²) in [6.07, 6.45) is -1.76. The van der Waals surface area contributed by atoms with Gasteiger partial charge < -0.3 is 9.47 Å². The lowest BCUT2D eigenvalue weighted by Gasteiger charge is -2.12. The third-order valence-corrected chi connectivity index (χ3v) is 1.71. The molecule has 0 saturated carbocycles. The minimum atomic E-state index is -1.70. The summed E-state index contributed by atoms with van der Waals surface area (Å²) in [7, 11) is 0. The second kappa shape index (κ2) is 8.26. The van der Waals surface area contributed by atoms with E-state index in [0.717, 1.165) is 0 Å². The Labute approximate surface area is 120 Å². The molecule has 0 aromatic heterocycles. The van der Waals surface area contributed by atoms with Crippen LogP contribution in [-0.2, 0) is 9.47 Å². The third-order valence-electron chi connectivity index (χ3n) is 0.944. The highest BCUT2D eigenvalue weighted by Gasteiger charge is 2.22. The maximum Gasteiger partial charge on any atom is 0.426 e. The molecule has 0 rings (SSSR count). The first kappa shape index (κ1) is 16.1. The Morgan fingerprint density at radius 3 is 2.06 bits per heavy atom. The molecule has 0 radical (unpaired) electrons. The van der Waals surface area contributed by atoms with Gasteiger partial charge in [-0.2, -0.15) is 0 Å². The van der Waals surface area contributed by atoms with Crippen LogP contribution in [0.3, 0.4) is 0 Å². The van der Waals surface area contributed by atoms with E-state index >= 15 is 0 Å². The van der Waals surface area contributed by atoms with Crippen LogP contribution in [0.5, 0.6) is 0 Å². The van der Waals surface area contributed by atoms with Crippen molar-refractivity contribution in [1.82, 2.24) is 10.9 Å². The lowest BCUT2D eigenvalue weighted by atomic mass is 10.8. The van der Waals surface area contributed by atoms with E-state index in [0.29, 0.717) is 4.43 Å². The van der Waals surface area contributed by atoms with E-state index in [2.05, 4.69) is 9.47 Å². The summed E-state index contributed by atoms with van der Waals surface area (Å²) in [4.78, 5) is 21.7. The number of hydrogen-bond donors (Lipinski definition) is 2. The van der Waals surface area contributed by atoms with Crippen molar-refractivity contribution in [3.05, 3.63) is 0 Å². The summed E-state index contributed by atoms with van der Waals surface area (Å²) in [6, 6.07) is 0. The molecule has 0 aliphatic rings. The number of halogens is 4. The number of carbonyl (C=O) groups is 2. The SMILES string of the molecule is O=C(NNC(=O)OCC(Cl)(Cl)Cl)OCCI. The van der Waals surface area contributed by atoms with Gasteiger partial charge in [-0.15, -0.1) is 0 Å². The van der Waals surface area contributed by atoms with Crippen LogP contribution in [0.15, 0.2) is 0 Å². The summed E-state index contributed by atoms with van der Waals surface area (Å²) >= 11 is 18.0. The average molecular weight is 405 g/mol. The summed E-state index contributed by atoms with van der Waals surface area (Å²) in [5.74, 6) is 0. The van der Waals surface area contributed by atoms with E-state index in [-0.39, 0.29) is 6.61 Å². The third kappa shape index (κ3) is 10.7. The van der Waals surface area contributed by atoms with Gasteiger partial charge in [0.2, 0.25) is 3.79 Å². The predicted octanol–water partition coefficient (Wildman–Crippen LogP) is 2.16. The van der Waals surface area contributed by atoms with Crippen molar-refractivity contribution in [2.24, 2.45) is 0 Å². The van der Waals surface area contributed by atoms with Crippen LogP contribution < -0.4 is 10.9 Å². The van der Waals surface area contributed by atoms with Crippen molar-refractivity contribution in [3.8, 4) is 0 Å². The Bertz CT molecular complexity index is 248. The van der Waals surface area contributed by atoms with Gasteiger partial charge in [0.25, 0.3) is 0 Å². The Morgan fingerprint density at radius 2 is 1.62 bits per heavy atom. The van der Waals surface area contributed by atoms with Crippen LogP contribution in [0.1, 0.15) is 0 Å². The molecule has 0 aromatic carbocycles. The molecule has 0 heterocycles. The molecule has 16 heavy (non-hydrogen) atoms. The Balaban J connectivity index is 3.61. The van der Waals surface area contributed by atoms with E-state index in [9.17, 15) is 9.59 Å². The largest absolute Gasteiger partial charge is 0.448 e. The Hall–Kier alpha value is 0.140. The number of rotatable bonds is 3. The number of ether oxygens (including phenoxy) is 2. The molecule has 0 bridgehead atoms. The standard InChI is InChI=1S/C6H8Cl3IN2O4/c7-6(8,9)3-16-5(14)12-11-4(13)15-2-1-10/h1-3H2,(H,11,13)(H,12,14). The van der Waals surface area contributed by atoms with Crippen LogP contribution in [0.2, 0.25) is 0 Å². The molecule has 0 saturated heterocycles. The van der Waals surface area contributed by atoms with Gasteiger partial charge in [-0.25, -0.2) is 20.4 Å². The second-order valence-corrected chi connectivity index (χ2v) is 5.86. The molecule has 0 aliphatic carbocycles. The summed E-state index contributed by atoms with van der Waals surface area (Å²) in [5.41, 5.74) is 3.84. The molecular weight excluding hydrogens is 397 g/mol. The quantitative estimate of drug-likeness (QED) is 0.429. The molecule has 6 nitrogen and oxygen atoms in total. The lowest BCUT2D eigenvalue weighted by molar-refractivity contribution is 0.128. The van der Waals surface area contributed by atoms with Crippen LogP contribution in [-0.4, -0.2) is 33.6 Å². The van der Waals surface area contributed by atoms with Gasteiger partial charge >= 0.3 is 12.2 Å². The number of carbonyl (C=O) groups excluding carboxylic acids is 2. The number of hydrazine groups is 1. The topological polar surface area (TPSA) is 76.7 Å². The van der Waals surface area contributed by atoms with E-state index in [1.165, 1.54) is 0 Å². The number of hydrogen-bond acceptors (Lipinski definition) is 4. The Kier molecular flexibility index (Phi) is 8.34. The Morgan fingerprint density at radius 1 is 1.12 bits per heavy atom. The fourth-order valence-corrected chi connectivity index (χ4v) is 0.837. The van der Waals surface area contributed by atoms with Gasteiger partial charge in [-0.3, -0.25) is 0 Å². The first-order valence-corrected chi connectivity index (χ1v) is 6.49. The molecule has 2 N–H and O–H groups in total. The van der Waals surface area contributed by atoms with Crippen molar-refractivity contribution in [2.75, 3.05) is 17.6 Å². The summed E-state index contributed by atoms with van der Waals surface area (Å²) in [6.45, 7) is -0.203. The van der Waals surface area contributed by atoms with Gasteiger partial charge in [0.15, 0.2) is 0 Å². The lowest BCUT2D eigenvalue weighted by Crippen LogP contribution is -2.43. The van der Waals surface area contributed by atoms with Gasteiger partial charge in [0, 0.05) is 4.43 Å². The van der Waals surface area contributed by atoms with E-state index < -0.39 is 22.6 Å². The first-order valence-electron chi connectivity index (χ1n) is 3.83. The smallest absolute Gasteiger partial charge is 0.426 e. The molecule has 0 fully saturated rings. The molecule has 0 aromatic rings. The van der Waals surface area contributed by atoms with Gasteiger partial charge in [0.1, 0.15) is 13.2 Å². The molecule has 2 amide bonds. The number of alkyl halides is 4. The zero-order chi connectivity index (χ0) is 12.6. The predicted molar refractivity (Wildman–Crippen MR) is 68.1 cm³/mol. The minimum Gasteiger partial charge on any atom is -0.448 e. The van der Waals surface area contributed by atoms with Crippen LogP contribution in [0.25, 0.3) is 0 Å². The van der Waals surface area contributed by atoms with Gasteiger partial charge in [0.05, 0.1) is 0 Å².